The minimum atomic E-state index is -2.74. The Morgan fingerprint density at radius 2 is 1.77 bits per heavy atom. The second kappa shape index (κ2) is 11.9. The second-order valence-electron chi connectivity index (χ2n) is 11.6. The fourth-order valence-electron chi connectivity index (χ4n) is 6.01. The third-order valence-corrected chi connectivity index (χ3v) is 8.70. The van der Waals surface area contributed by atoms with Gasteiger partial charge in [-0.25, -0.2) is 13.8 Å². The smallest absolute Gasteiger partial charge is 0.262 e. The normalized spacial score (nSPS) is 18.4. The number of nitrogens with zero attached hydrogens (tertiary/aromatic N) is 8. The van der Waals surface area contributed by atoms with Crippen LogP contribution >= 0.6 is 0 Å². The van der Waals surface area contributed by atoms with Crippen LogP contribution in [0.25, 0.3) is 16.7 Å². The average Bonchev–Trinajstić information content (AvgIpc) is 3.69. The van der Waals surface area contributed by atoms with Crippen LogP contribution in [0.1, 0.15) is 25.3 Å². The molecule has 6 rings (SSSR count). The number of fused-ring (bicyclic) bond motifs is 1. The van der Waals surface area contributed by atoms with Crippen LogP contribution < -0.4 is 10.5 Å². The van der Waals surface area contributed by atoms with Crippen LogP contribution in [0.2, 0.25) is 0 Å². The SMILES string of the molecule is CN1CCN(c2cccc(-n3ccc4c(=O)n(CC5(O)CCN(C(=O)C[C@H](C(F)F)n6cccn6)CC5)cnc43)c2)CC1. The zero-order valence-corrected chi connectivity index (χ0v) is 24.1. The number of amides is 1. The number of likely N-dealkylation sites (N-methyl/N-ethyl adjacent to an activating group) is 1. The van der Waals surface area contributed by atoms with Gasteiger partial charge in [0.25, 0.3) is 12.0 Å². The average molecular weight is 595 g/mol. The van der Waals surface area contributed by atoms with E-state index >= 15 is 0 Å². The number of hydrogen-bond acceptors (Lipinski definition) is 7. The largest absolute Gasteiger partial charge is 0.388 e. The number of piperazine rings is 1. The van der Waals surface area contributed by atoms with E-state index in [0.29, 0.717) is 11.0 Å². The third kappa shape index (κ3) is 6.04. The molecule has 11 nitrogen and oxygen atoms in total. The minimum Gasteiger partial charge on any atom is -0.388 e. The third-order valence-electron chi connectivity index (χ3n) is 8.70. The van der Waals surface area contributed by atoms with E-state index in [1.54, 1.807) is 6.07 Å². The molecule has 228 valence electrons. The highest BCUT2D eigenvalue weighted by Crippen LogP contribution is 2.28. The lowest BCUT2D eigenvalue weighted by Gasteiger charge is -2.38. The molecule has 0 aliphatic carbocycles. The summed E-state index contributed by atoms with van der Waals surface area (Å²) in [4.78, 5) is 37.0. The number of likely N-dealkylation sites (tertiary alicyclic amines) is 1. The van der Waals surface area contributed by atoms with Gasteiger partial charge in [-0.05, 0) is 50.2 Å². The van der Waals surface area contributed by atoms with E-state index < -0.39 is 24.0 Å². The van der Waals surface area contributed by atoms with E-state index in [9.17, 15) is 23.5 Å². The number of carbonyl (C=O) groups excluding carboxylic acids is 1. The summed E-state index contributed by atoms with van der Waals surface area (Å²) in [5.41, 5.74) is 1.08. The van der Waals surface area contributed by atoms with Gasteiger partial charge >= 0.3 is 0 Å². The van der Waals surface area contributed by atoms with Gasteiger partial charge in [-0.15, -0.1) is 0 Å². The summed E-state index contributed by atoms with van der Waals surface area (Å²) in [6.45, 7) is 4.34. The van der Waals surface area contributed by atoms with Gasteiger partial charge < -0.3 is 24.4 Å². The van der Waals surface area contributed by atoms with Crippen molar-refractivity contribution in [2.75, 3.05) is 51.2 Å². The van der Waals surface area contributed by atoms with Crippen LogP contribution in [0.3, 0.4) is 0 Å². The van der Waals surface area contributed by atoms with Gasteiger partial charge in [0.2, 0.25) is 5.91 Å². The number of rotatable bonds is 8. The van der Waals surface area contributed by atoms with Crippen LogP contribution in [0.4, 0.5) is 14.5 Å². The number of halogens is 2. The first-order valence-corrected chi connectivity index (χ1v) is 14.6. The van der Waals surface area contributed by atoms with E-state index in [1.165, 1.54) is 34.3 Å². The summed E-state index contributed by atoms with van der Waals surface area (Å²) < 4.78 is 31.6. The van der Waals surface area contributed by atoms with Gasteiger partial charge in [-0.3, -0.25) is 18.8 Å². The molecule has 43 heavy (non-hydrogen) atoms. The van der Waals surface area contributed by atoms with Gasteiger partial charge in [0, 0.05) is 69.2 Å². The molecule has 1 amide bonds. The van der Waals surface area contributed by atoms with Gasteiger partial charge in [0.05, 0.1) is 24.0 Å². The molecule has 0 saturated carbocycles. The molecule has 0 unspecified atom stereocenters. The summed E-state index contributed by atoms with van der Waals surface area (Å²) in [5.74, 6) is -0.416. The Morgan fingerprint density at radius 1 is 1.02 bits per heavy atom. The van der Waals surface area contributed by atoms with Crippen molar-refractivity contribution >= 4 is 22.6 Å². The molecule has 2 saturated heterocycles. The number of anilines is 1. The Morgan fingerprint density at radius 3 is 2.47 bits per heavy atom. The summed E-state index contributed by atoms with van der Waals surface area (Å²) in [5, 5.41) is 15.6. The molecule has 1 atom stereocenters. The highest BCUT2D eigenvalue weighted by atomic mass is 19.3. The first-order valence-electron chi connectivity index (χ1n) is 14.6. The predicted octanol–water partition coefficient (Wildman–Crippen LogP) is 2.39. The Bertz CT molecular complexity index is 1620. The van der Waals surface area contributed by atoms with Crippen LogP contribution in [0, 0.1) is 0 Å². The van der Waals surface area contributed by atoms with Crippen molar-refractivity contribution in [3.8, 4) is 5.69 Å². The Labute approximate surface area is 247 Å². The van der Waals surface area contributed by atoms with Crippen molar-refractivity contribution in [3.05, 3.63) is 71.7 Å². The fraction of sp³-hybridized carbons (Fsp3) is 0.467. The topological polar surface area (TPSA) is 105 Å². The first kappa shape index (κ1) is 29.0. The monoisotopic (exact) mass is 594 g/mol. The minimum absolute atomic E-state index is 0.0216. The summed E-state index contributed by atoms with van der Waals surface area (Å²) in [6.07, 6.45) is 3.41. The summed E-state index contributed by atoms with van der Waals surface area (Å²) in [6, 6.07) is 10.1. The van der Waals surface area contributed by atoms with Crippen LogP contribution in [-0.4, -0.2) is 103 Å². The van der Waals surface area contributed by atoms with Gasteiger partial charge in [-0.1, -0.05) is 6.07 Å². The van der Waals surface area contributed by atoms with Crippen molar-refractivity contribution in [3.63, 3.8) is 0 Å². The van der Waals surface area contributed by atoms with Crippen molar-refractivity contribution in [2.24, 2.45) is 0 Å². The Balaban J connectivity index is 1.13. The highest BCUT2D eigenvalue weighted by molar-refractivity contribution is 5.78. The highest BCUT2D eigenvalue weighted by Gasteiger charge is 2.36. The maximum Gasteiger partial charge on any atom is 0.262 e. The van der Waals surface area contributed by atoms with Crippen molar-refractivity contribution < 1.29 is 18.7 Å². The molecule has 0 spiro atoms. The summed E-state index contributed by atoms with van der Waals surface area (Å²) >= 11 is 0. The lowest BCUT2D eigenvalue weighted by molar-refractivity contribution is -0.138. The molecule has 2 aliphatic rings. The quantitative estimate of drug-likeness (QED) is 0.334. The number of alkyl halides is 2. The number of aliphatic hydroxyl groups is 1. The molecule has 1 aromatic carbocycles. The number of hydrogen-bond donors (Lipinski definition) is 1. The van der Waals surface area contributed by atoms with Crippen LogP contribution in [0.15, 0.2) is 66.1 Å². The molecule has 3 aromatic heterocycles. The maximum atomic E-state index is 13.6. The van der Waals surface area contributed by atoms with Gasteiger partial charge in [-0.2, -0.15) is 5.10 Å². The lowest BCUT2D eigenvalue weighted by Crippen LogP contribution is -2.50. The van der Waals surface area contributed by atoms with Crippen molar-refractivity contribution in [2.45, 2.75) is 43.9 Å². The molecule has 2 aliphatic heterocycles. The fourth-order valence-corrected chi connectivity index (χ4v) is 6.01. The molecule has 0 bridgehead atoms. The molecule has 0 radical (unpaired) electrons. The molecule has 5 heterocycles. The van der Waals surface area contributed by atoms with Crippen LogP contribution in [0.5, 0.6) is 0 Å². The van der Waals surface area contributed by atoms with Gasteiger partial charge in [0.1, 0.15) is 12.4 Å². The van der Waals surface area contributed by atoms with E-state index in [2.05, 4.69) is 39.1 Å². The number of aromatic nitrogens is 5. The maximum absolute atomic E-state index is 13.6. The second-order valence-corrected chi connectivity index (χ2v) is 11.6. The zero-order chi connectivity index (χ0) is 30.1. The molecule has 1 N–H and O–H groups in total. The summed E-state index contributed by atoms with van der Waals surface area (Å²) in [7, 11) is 2.12. The van der Waals surface area contributed by atoms with Crippen LogP contribution in [-0.2, 0) is 11.3 Å². The molecule has 2 fully saturated rings. The number of piperidine rings is 1. The van der Waals surface area contributed by atoms with Crippen molar-refractivity contribution in [1.82, 2.24) is 33.7 Å². The van der Waals surface area contributed by atoms with E-state index in [4.69, 9.17) is 0 Å². The molecule has 13 heteroatoms. The molecule has 4 aromatic rings. The number of carbonyl (C=O) groups is 1. The van der Waals surface area contributed by atoms with E-state index in [-0.39, 0.29) is 44.5 Å². The Hall–Kier alpha value is -4.10. The Kier molecular flexibility index (Phi) is 8.01. The first-order chi connectivity index (χ1) is 20.7. The number of benzene rings is 1. The molecular weight excluding hydrogens is 558 g/mol. The van der Waals surface area contributed by atoms with Crippen molar-refractivity contribution in [1.29, 1.82) is 0 Å². The predicted molar refractivity (Wildman–Crippen MR) is 158 cm³/mol. The van der Waals surface area contributed by atoms with E-state index in [0.717, 1.165) is 42.2 Å². The standard InChI is InChI=1S/C30H36F2N8O3/c1-35-14-16-36(17-15-35)22-4-2-5-23(18-22)39-11-6-24-28(39)33-21-38(29(24)42)20-30(43)7-12-37(13-8-30)26(41)19-25(27(31)32)40-10-3-9-34-40/h2-6,9-11,18,21,25,27,43H,7-8,12-17,19-20H2,1H3/t25-/m1/s1. The van der Waals surface area contributed by atoms with E-state index in [1.807, 2.05) is 22.9 Å². The molecular formula is C30H36F2N8O3. The lowest BCUT2D eigenvalue weighted by atomic mass is 9.91. The van der Waals surface area contributed by atoms with Gasteiger partial charge in [0.15, 0.2) is 5.65 Å². The zero-order valence-electron chi connectivity index (χ0n) is 24.1.